The van der Waals surface area contributed by atoms with Crippen molar-refractivity contribution in [2.75, 3.05) is 38.7 Å². The lowest BCUT2D eigenvalue weighted by molar-refractivity contribution is -0.119. The maximum absolute atomic E-state index is 12.7. The zero-order valence-electron chi connectivity index (χ0n) is 14.9. The van der Waals surface area contributed by atoms with Gasteiger partial charge in [-0.15, -0.1) is 0 Å². The minimum Gasteiger partial charge on any atom is -0.383 e. The first-order chi connectivity index (χ1) is 12.2. The zero-order valence-corrected chi connectivity index (χ0v) is 14.9. The number of carbonyl (C=O) groups is 1. The lowest BCUT2D eigenvalue weighted by atomic mass is 10.1. The maximum atomic E-state index is 12.7. The Kier molecular flexibility index (Phi) is 5.83. The third kappa shape index (κ3) is 4.46. The topological polar surface area (TPSA) is 59.4 Å². The highest BCUT2D eigenvalue weighted by molar-refractivity contribution is 5.93. The highest BCUT2D eigenvalue weighted by Gasteiger charge is 2.28. The number of nitrogens with one attached hydrogen (secondary N) is 1. The number of amides is 1. The van der Waals surface area contributed by atoms with Crippen LogP contribution in [0.3, 0.4) is 0 Å². The molecule has 2 heterocycles. The number of hydrogen-bond donors (Lipinski definition) is 1. The number of methoxy groups -OCH3 is 1. The smallest absolute Gasteiger partial charge is 0.228 e. The van der Waals surface area contributed by atoms with Crippen molar-refractivity contribution >= 4 is 11.6 Å². The molecule has 2 aromatic rings. The van der Waals surface area contributed by atoms with E-state index in [1.807, 2.05) is 31.3 Å². The zero-order chi connectivity index (χ0) is 17.6. The van der Waals surface area contributed by atoms with Crippen molar-refractivity contribution in [3.8, 4) is 0 Å². The third-order valence-corrected chi connectivity index (χ3v) is 4.79. The number of hydrogen-bond acceptors (Lipinski definition) is 4. The second-order valence-corrected chi connectivity index (χ2v) is 6.53. The molecule has 1 aromatic heterocycles. The van der Waals surface area contributed by atoms with Crippen LogP contribution in [-0.2, 0) is 16.1 Å². The van der Waals surface area contributed by atoms with Gasteiger partial charge in [-0.25, -0.2) is 4.98 Å². The predicted octanol–water partition coefficient (Wildman–Crippen LogP) is 2.15. The molecule has 1 unspecified atom stereocenters. The van der Waals surface area contributed by atoms with Crippen molar-refractivity contribution in [3.63, 3.8) is 0 Å². The molecule has 134 valence electrons. The summed E-state index contributed by atoms with van der Waals surface area (Å²) in [5, 5.41) is 3.13. The van der Waals surface area contributed by atoms with Crippen LogP contribution in [0.2, 0.25) is 0 Å². The van der Waals surface area contributed by atoms with Gasteiger partial charge in [0.05, 0.1) is 19.1 Å². The number of imidazole rings is 1. The summed E-state index contributed by atoms with van der Waals surface area (Å²) in [5.74, 6) is 1.11. The largest absolute Gasteiger partial charge is 0.383 e. The molecule has 0 radical (unpaired) electrons. The van der Waals surface area contributed by atoms with E-state index in [0.29, 0.717) is 13.2 Å². The number of aryl methyl sites for hydroxylation is 1. The van der Waals surface area contributed by atoms with E-state index in [2.05, 4.69) is 25.8 Å². The van der Waals surface area contributed by atoms with Gasteiger partial charge in [0, 0.05) is 38.3 Å². The van der Waals surface area contributed by atoms with E-state index in [-0.39, 0.29) is 11.8 Å². The number of carbonyl (C=O) groups excluding carboxylic acids is 1. The van der Waals surface area contributed by atoms with Gasteiger partial charge in [0.1, 0.15) is 5.82 Å². The first-order valence-electron chi connectivity index (χ1n) is 8.75. The fourth-order valence-electron chi connectivity index (χ4n) is 3.24. The molecule has 25 heavy (non-hydrogen) atoms. The molecule has 6 heteroatoms. The van der Waals surface area contributed by atoms with Crippen LogP contribution in [0.4, 0.5) is 5.69 Å². The number of nitrogens with zero attached hydrogens (tertiary/aromatic N) is 3. The van der Waals surface area contributed by atoms with Gasteiger partial charge in [0.15, 0.2) is 0 Å². The summed E-state index contributed by atoms with van der Waals surface area (Å²) < 4.78 is 7.20. The van der Waals surface area contributed by atoms with Crippen molar-refractivity contribution < 1.29 is 9.53 Å². The minimum atomic E-state index is 0.0416. The lowest BCUT2D eigenvalue weighted by Gasteiger charge is -2.16. The van der Waals surface area contributed by atoms with Crippen molar-refractivity contribution in [2.45, 2.75) is 19.9 Å². The molecule has 0 bridgehead atoms. The Morgan fingerprint density at radius 2 is 2.24 bits per heavy atom. The van der Waals surface area contributed by atoms with Gasteiger partial charge in [-0.1, -0.05) is 18.2 Å². The first-order valence-corrected chi connectivity index (χ1v) is 8.75. The van der Waals surface area contributed by atoms with Crippen LogP contribution in [-0.4, -0.2) is 53.7 Å². The SMILES string of the molecule is COCCN1CCC(C(=O)Nc2ccccc2Cn2ccnc2C)C1. The molecule has 0 spiro atoms. The fourth-order valence-corrected chi connectivity index (χ4v) is 3.24. The molecule has 1 N–H and O–H groups in total. The number of ether oxygens (including phenoxy) is 1. The summed E-state index contributed by atoms with van der Waals surface area (Å²) in [6, 6.07) is 7.98. The van der Waals surface area contributed by atoms with Crippen molar-refractivity contribution in [2.24, 2.45) is 5.92 Å². The summed E-state index contributed by atoms with van der Waals surface area (Å²) in [6.45, 7) is 6.04. The van der Waals surface area contributed by atoms with Crippen molar-refractivity contribution in [3.05, 3.63) is 48.0 Å². The molecular formula is C19H26N4O2. The summed E-state index contributed by atoms with van der Waals surface area (Å²) >= 11 is 0. The van der Waals surface area contributed by atoms with Gasteiger partial charge in [-0.3, -0.25) is 4.79 Å². The molecule has 1 aliphatic heterocycles. The number of benzene rings is 1. The highest BCUT2D eigenvalue weighted by atomic mass is 16.5. The molecule has 3 rings (SSSR count). The number of rotatable bonds is 7. The third-order valence-electron chi connectivity index (χ3n) is 4.79. The van der Waals surface area contributed by atoms with E-state index in [0.717, 1.165) is 43.1 Å². The van der Waals surface area contributed by atoms with Gasteiger partial charge in [0.25, 0.3) is 0 Å². The summed E-state index contributed by atoms with van der Waals surface area (Å²) in [6.07, 6.45) is 4.65. The second kappa shape index (κ2) is 8.27. The molecule has 1 aliphatic rings. The number of likely N-dealkylation sites (tertiary alicyclic amines) is 1. The molecule has 0 aliphatic carbocycles. The average Bonchev–Trinajstić information content (AvgIpc) is 3.24. The quantitative estimate of drug-likeness (QED) is 0.838. The first kappa shape index (κ1) is 17.6. The van der Waals surface area contributed by atoms with Crippen LogP contribution in [0, 0.1) is 12.8 Å². The van der Waals surface area contributed by atoms with Crippen LogP contribution in [0.25, 0.3) is 0 Å². The monoisotopic (exact) mass is 342 g/mol. The molecule has 1 saturated heterocycles. The fraction of sp³-hybridized carbons (Fsp3) is 0.474. The Bertz CT molecular complexity index is 713. The van der Waals surface area contributed by atoms with E-state index >= 15 is 0 Å². The molecule has 1 fully saturated rings. The Hall–Kier alpha value is -2.18. The van der Waals surface area contributed by atoms with E-state index < -0.39 is 0 Å². The highest BCUT2D eigenvalue weighted by Crippen LogP contribution is 2.21. The predicted molar refractivity (Wildman–Crippen MR) is 97.6 cm³/mol. The van der Waals surface area contributed by atoms with Crippen LogP contribution >= 0.6 is 0 Å². The standard InChI is InChI=1S/C19H26N4O2/c1-15-20-8-10-23(15)14-16-5-3-4-6-18(16)21-19(24)17-7-9-22(13-17)11-12-25-2/h3-6,8,10,17H,7,9,11-14H2,1-2H3,(H,21,24). The Morgan fingerprint density at radius 3 is 3.00 bits per heavy atom. The van der Waals surface area contributed by atoms with Crippen LogP contribution < -0.4 is 5.32 Å². The van der Waals surface area contributed by atoms with E-state index in [1.54, 1.807) is 13.3 Å². The van der Waals surface area contributed by atoms with Gasteiger partial charge in [0.2, 0.25) is 5.91 Å². The van der Waals surface area contributed by atoms with Crippen LogP contribution in [0.1, 0.15) is 17.8 Å². The normalized spacial score (nSPS) is 17.8. The summed E-state index contributed by atoms with van der Waals surface area (Å²) in [7, 11) is 1.71. The van der Waals surface area contributed by atoms with Crippen LogP contribution in [0.5, 0.6) is 0 Å². The molecule has 1 aromatic carbocycles. The summed E-state index contributed by atoms with van der Waals surface area (Å²) in [5.41, 5.74) is 1.97. The van der Waals surface area contributed by atoms with Crippen LogP contribution in [0.15, 0.2) is 36.7 Å². The second-order valence-electron chi connectivity index (χ2n) is 6.53. The maximum Gasteiger partial charge on any atom is 0.228 e. The Morgan fingerprint density at radius 1 is 1.40 bits per heavy atom. The van der Waals surface area contributed by atoms with E-state index in [9.17, 15) is 4.79 Å². The summed E-state index contributed by atoms with van der Waals surface area (Å²) in [4.78, 5) is 19.2. The van der Waals surface area contributed by atoms with Gasteiger partial charge in [-0.05, 0) is 31.5 Å². The number of para-hydroxylation sites is 1. The number of aromatic nitrogens is 2. The molecule has 0 saturated carbocycles. The molecule has 1 amide bonds. The van der Waals surface area contributed by atoms with Crippen molar-refractivity contribution in [1.29, 1.82) is 0 Å². The number of anilines is 1. The van der Waals surface area contributed by atoms with Crippen molar-refractivity contribution in [1.82, 2.24) is 14.5 Å². The van der Waals surface area contributed by atoms with Gasteiger partial charge < -0.3 is 19.5 Å². The van der Waals surface area contributed by atoms with Gasteiger partial charge >= 0.3 is 0 Å². The minimum absolute atomic E-state index is 0.0416. The Balaban J connectivity index is 1.63. The van der Waals surface area contributed by atoms with E-state index in [4.69, 9.17) is 4.74 Å². The lowest BCUT2D eigenvalue weighted by Crippen LogP contribution is -2.29. The Labute approximate surface area is 148 Å². The molecular weight excluding hydrogens is 316 g/mol. The molecule has 6 nitrogen and oxygen atoms in total. The average molecular weight is 342 g/mol. The van der Waals surface area contributed by atoms with E-state index in [1.165, 1.54) is 0 Å². The van der Waals surface area contributed by atoms with Gasteiger partial charge in [-0.2, -0.15) is 0 Å². The molecule has 1 atom stereocenters.